The highest BCUT2D eigenvalue weighted by molar-refractivity contribution is 7.87. The Balaban J connectivity index is 1.34. The predicted molar refractivity (Wildman–Crippen MR) is 126 cm³/mol. The summed E-state index contributed by atoms with van der Waals surface area (Å²) in [7, 11) is -4.23. The molecule has 1 N–H and O–H groups in total. The van der Waals surface area contributed by atoms with E-state index in [0.717, 1.165) is 35.2 Å². The van der Waals surface area contributed by atoms with E-state index in [1.54, 1.807) is 0 Å². The van der Waals surface area contributed by atoms with Crippen molar-refractivity contribution in [3.63, 3.8) is 0 Å². The SMILES string of the molecule is C/C(=C\c1ccc2c(c1)C[C@H]1CC[C@@H](C2)[C@@]12CN(CC(F)(F)F)S(=O)(=O)N2)N1CCC(C(F)(F)F)CC1. The molecule has 2 aliphatic heterocycles. The second kappa shape index (κ2) is 9.15. The number of piperidine rings is 1. The number of allylic oxidation sites excluding steroid dienone is 1. The molecular formula is C25H31F6N3O2S. The van der Waals surface area contributed by atoms with Crippen LogP contribution in [0.2, 0.25) is 0 Å². The minimum absolute atomic E-state index is 0.0747. The van der Waals surface area contributed by atoms with Crippen molar-refractivity contribution >= 4 is 16.3 Å². The molecule has 5 rings (SSSR count). The first-order chi connectivity index (χ1) is 17.2. The van der Waals surface area contributed by atoms with Gasteiger partial charge in [-0.2, -0.15) is 43.8 Å². The molecule has 0 radical (unpaired) electrons. The van der Waals surface area contributed by atoms with Crippen molar-refractivity contribution in [3.8, 4) is 0 Å². The largest absolute Gasteiger partial charge is 0.402 e. The summed E-state index contributed by atoms with van der Waals surface area (Å²) in [4.78, 5) is 1.97. The third-order valence-electron chi connectivity index (χ3n) is 8.77. The highest BCUT2D eigenvalue weighted by Gasteiger charge is 2.60. The van der Waals surface area contributed by atoms with Gasteiger partial charge in [-0.25, -0.2) is 0 Å². The number of nitrogens with one attached hydrogen (secondary N) is 1. The molecule has 12 heteroatoms. The van der Waals surface area contributed by atoms with Crippen LogP contribution in [0.1, 0.15) is 49.3 Å². The number of likely N-dealkylation sites (tertiary alicyclic amines) is 1. The van der Waals surface area contributed by atoms with E-state index in [1.165, 1.54) is 0 Å². The quantitative estimate of drug-likeness (QED) is 0.544. The van der Waals surface area contributed by atoms with Gasteiger partial charge in [0.05, 0.1) is 11.5 Å². The van der Waals surface area contributed by atoms with Crippen molar-refractivity contribution in [1.29, 1.82) is 0 Å². The topological polar surface area (TPSA) is 52.7 Å². The summed E-state index contributed by atoms with van der Waals surface area (Å²) in [5, 5.41) is 0. The molecule has 2 saturated heterocycles. The minimum atomic E-state index is -4.62. The van der Waals surface area contributed by atoms with Crippen LogP contribution in [0.3, 0.4) is 0 Å². The smallest absolute Gasteiger partial charge is 0.375 e. The lowest BCUT2D eigenvalue weighted by atomic mass is 9.79. The molecule has 5 nitrogen and oxygen atoms in total. The van der Waals surface area contributed by atoms with Crippen LogP contribution in [0.4, 0.5) is 26.3 Å². The third-order valence-corrected chi connectivity index (χ3v) is 10.3. The molecule has 1 spiro atoms. The lowest BCUT2D eigenvalue weighted by molar-refractivity contribution is -0.184. The molecule has 206 valence electrons. The van der Waals surface area contributed by atoms with Gasteiger partial charge in [-0.15, -0.1) is 0 Å². The van der Waals surface area contributed by atoms with Crippen LogP contribution in [0.25, 0.3) is 6.08 Å². The molecule has 3 atom stereocenters. The average molecular weight is 552 g/mol. The lowest BCUT2D eigenvalue weighted by Crippen LogP contribution is -2.52. The van der Waals surface area contributed by atoms with Gasteiger partial charge >= 0.3 is 12.4 Å². The zero-order valence-electron chi connectivity index (χ0n) is 20.5. The van der Waals surface area contributed by atoms with E-state index >= 15 is 0 Å². The maximum atomic E-state index is 13.1. The first-order valence-corrected chi connectivity index (χ1v) is 14.1. The summed E-state index contributed by atoms with van der Waals surface area (Å²) in [6.45, 7) is 0.901. The fourth-order valence-electron chi connectivity index (χ4n) is 6.85. The summed E-state index contributed by atoms with van der Waals surface area (Å²) in [5.41, 5.74) is 3.00. The number of benzene rings is 1. The van der Waals surface area contributed by atoms with E-state index < -0.39 is 40.6 Å². The van der Waals surface area contributed by atoms with Crippen molar-refractivity contribution in [2.45, 2.75) is 63.3 Å². The van der Waals surface area contributed by atoms with E-state index in [0.29, 0.717) is 30.2 Å². The Hall–Kier alpha value is -1.79. The van der Waals surface area contributed by atoms with Gasteiger partial charge in [0.1, 0.15) is 6.54 Å². The van der Waals surface area contributed by atoms with Crippen LogP contribution in [0, 0.1) is 17.8 Å². The number of halogens is 6. The Morgan fingerprint density at radius 2 is 1.65 bits per heavy atom. The first kappa shape index (κ1) is 26.8. The maximum Gasteiger partial charge on any atom is 0.402 e. The van der Waals surface area contributed by atoms with Gasteiger partial charge in [0.25, 0.3) is 10.2 Å². The minimum Gasteiger partial charge on any atom is -0.375 e. The van der Waals surface area contributed by atoms with E-state index in [4.69, 9.17) is 0 Å². The Bertz CT molecular complexity index is 1170. The fourth-order valence-corrected chi connectivity index (χ4v) is 8.55. The van der Waals surface area contributed by atoms with Crippen molar-refractivity contribution in [3.05, 3.63) is 40.6 Å². The summed E-state index contributed by atoms with van der Waals surface area (Å²) >= 11 is 0. The van der Waals surface area contributed by atoms with Gasteiger partial charge < -0.3 is 4.90 Å². The molecule has 2 bridgehead atoms. The van der Waals surface area contributed by atoms with Crippen LogP contribution < -0.4 is 4.72 Å². The molecule has 0 amide bonds. The van der Waals surface area contributed by atoms with Crippen molar-refractivity contribution < 1.29 is 34.8 Å². The molecule has 0 aromatic heterocycles. The fraction of sp³-hybridized carbons (Fsp3) is 0.680. The molecule has 3 fully saturated rings. The molecule has 2 aliphatic carbocycles. The van der Waals surface area contributed by atoms with Crippen LogP contribution in [-0.4, -0.2) is 61.7 Å². The Morgan fingerprint density at radius 3 is 2.24 bits per heavy atom. The highest BCUT2D eigenvalue weighted by atomic mass is 32.2. The normalized spacial score (nSPS) is 31.1. The van der Waals surface area contributed by atoms with Gasteiger partial charge in [-0.3, -0.25) is 0 Å². The summed E-state index contributed by atoms with van der Waals surface area (Å²) in [6.07, 6.45) is -4.04. The molecular weight excluding hydrogens is 520 g/mol. The van der Waals surface area contributed by atoms with E-state index in [9.17, 15) is 34.8 Å². The Labute approximate surface area is 213 Å². The zero-order chi connectivity index (χ0) is 26.8. The van der Waals surface area contributed by atoms with E-state index in [1.807, 2.05) is 36.1 Å². The number of hydrogen-bond acceptors (Lipinski definition) is 3. The van der Waals surface area contributed by atoms with Gasteiger partial charge in [-0.05, 0) is 80.1 Å². The molecule has 0 unspecified atom stereocenters. The summed E-state index contributed by atoms with van der Waals surface area (Å²) in [5.74, 6) is -1.47. The molecule has 2 heterocycles. The van der Waals surface area contributed by atoms with Crippen molar-refractivity contribution in [1.82, 2.24) is 13.9 Å². The number of hydrogen-bond donors (Lipinski definition) is 1. The molecule has 4 aliphatic rings. The van der Waals surface area contributed by atoms with Gasteiger partial charge in [0.2, 0.25) is 0 Å². The second-order valence-electron chi connectivity index (χ2n) is 11.0. The highest BCUT2D eigenvalue weighted by Crippen LogP contribution is 2.50. The monoisotopic (exact) mass is 551 g/mol. The first-order valence-electron chi connectivity index (χ1n) is 12.6. The summed E-state index contributed by atoms with van der Waals surface area (Å²) < 4.78 is 107. The van der Waals surface area contributed by atoms with Crippen LogP contribution >= 0.6 is 0 Å². The summed E-state index contributed by atoms with van der Waals surface area (Å²) in [6, 6.07) is 5.98. The van der Waals surface area contributed by atoms with Crippen LogP contribution in [0.15, 0.2) is 23.9 Å². The Kier molecular flexibility index (Phi) is 6.63. The third kappa shape index (κ3) is 5.25. The van der Waals surface area contributed by atoms with Crippen LogP contribution in [0.5, 0.6) is 0 Å². The molecule has 37 heavy (non-hydrogen) atoms. The van der Waals surface area contributed by atoms with Gasteiger partial charge in [0.15, 0.2) is 0 Å². The van der Waals surface area contributed by atoms with Gasteiger partial charge in [0, 0.05) is 25.3 Å². The average Bonchev–Trinajstić information content (AvgIpc) is 3.17. The molecule has 1 saturated carbocycles. The van der Waals surface area contributed by atoms with E-state index in [2.05, 4.69) is 4.72 Å². The van der Waals surface area contributed by atoms with Gasteiger partial charge in [-0.1, -0.05) is 18.2 Å². The Morgan fingerprint density at radius 1 is 1.03 bits per heavy atom. The second-order valence-corrected chi connectivity index (χ2v) is 12.7. The molecule has 1 aromatic rings. The number of alkyl halides is 6. The van der Waals surface area contributed by atoms with Crippen molar-refractivity contribution in [2.75, 3.05) is 26.2 Å². The zero-order valence-corrected chi connectivity index (χ0v) is 21.3. The van der Waals surface area contributed by atoms with Crippen molar-refractivity contribution in [2.24, 2.45) is 17.8 Å². The van der Waals surface area contributed by atoms with Crippen LogP contribution in [-0.2, 0) is 23.1 Å². The number of rotatable bonds is 3. The predicted octanol–water partition coefficient (Wildman–Crippen LogP) is 4.90. The number of nitrogens with zero attached hydrogens (tertiary/aromatic N) is 2. The maximum absolute atomic E-state index is 13.1. The standard InChI is InChI=1S/C25H31F6N3O2S/c1-16(33-8-6-20(7-9-33)25(29,30)31)10-17-2-3-18-12-21-4-5-22(13-19(18)11-17)23(21)14-34(15-24(26,27)28)37(35,36)32-23/h2-3,10-11,20-22,32H,4-9,12-15H2,1H3/b16-10+/t21-,22+,23-/m0/s1. The lowest BCUT2D eigenvalue weighted by Gasteiger charge is -2.35. The van der Waals surface area contributed by atoms with E-state index in [-0.39, 0.29) is 31.2 Å². The number of fused-ring (bicyclic) bond motifs is 1. The molecule has 1 aromatic carbocycles.